The van der Waals surface area contributed by atoms with Gasteiger partial charge in [-0.2, -0.15) is 0 Å². The molecule has 1 aromatic heterocycles. The number of hydrogen-bond donors (Lipinski definition) is 1. The van der Waals surface area contributed by atoms with Crippen LogP contribution < -0.4 is 5.73 Å². The van der Waals surface area contributed by atoms with Crippen LogP contribution in [0.2, 0.25) is 0 Å². The summed E-state index contributed by atoms with van der Waals surface area (Å²) in [7, 11) is 0. The first-order valence-corrected chi connectivity index (χ1v) is 5.36. The minimum Gasteiger partial charge on any atom is -0.380 e. The molecule has 0 saturated carbocycles. The molecule has 6 heteroatoms. The first-order valence-electron chi connectivity index (χ1n) is 5.36. The Morgan fingerprint density at radius 3 is 2.42 bits per heavy atom. The molecule has 1 heterocycles. The van der Waals surface area contributed by atoms with Crippen LogP contribution >= 0.6 is 0 Å². The second-order valence-electron chi connectivity index (χ2n) is 3.99. The van der Waals surface area contributed by atoms with Gasteiger partial charge in [0.15, 0.2) is 11.4 Å². The van der Waals surface area contributed by atoms with Crippen molar-refractivity contribution in [1.82, 2.24) is 5.16 Å². The topological polar surface area (TPSA) is 52.0 Å². The van der Waals surface area contributed by atoms with E-state index in [2.05, 4.69) is 5.16 Å². The van der Waals surface area contributed by atoms with Gasteiger partial charge in [0, 0.05) is 11.6 Å². The van der Waals surface area contributed by atoms with Crippen LogP contribution in [-0.4, -0.2) is 5.16 Å². The average molecular weight is 264 g/mol. The normalized spacial score (nSPS) is 11.1. The van der Waals surface area contributed by atoms with E-state index in [1.807, 2.05) is 0 Å². The lowest BCUT2D eigenvalue weighted by atomic mass is 10.0. The van der Waals surface area contributed by atoms with Gasteiger partial charge in [0.2, 0.25) is 0 Å². The third kappa shape index (κ3) is 1.72. The van der Waals surface area contributed by atoms with E-state index in [4.69, 9.17) is 10.3 Å². The predicted octanol–water partition coefficient (Wildman–Crippen LogP) is 3.49. The van der Waals surface area contributed by atoms with Crippen molar-refractivity contribution >= 4 is 16.8 Å². The molecule has 19 heavy (non-hydrogen) atoms. The van der Waals surface area contributed by atoms with Crippen molar-refractivity contribution in [3.8, 4) is 11.1 Å². The zero-order chi connectivity index (χ0) is 13.6. The summed E-state index contributed by atoms with van der Waals surface area (Å²) in [6, 6.07) is 5.44. The quantitative estimate of drug-likeness (QED) is 0.731. The molecule has 0 bridgehead atoms. The second-order valence-corrected chi connectivity index (χ2v) is 3.99. The van der Waals surface area contributed by atoms with E-state index < -0.39 is 17.5 Å². The summed E-state index contributed by atoms with van der Waals surface area (Å²) in [5.41, 5.74) is 5.25. The molecule has 0 saturated heterocycles. The van der Waals surface area contributed by atoms with Crippen molar-refractivity contribution in [2.24, 2.45) is 0 Å². The Hall–Kier alpha value is -2.50. The summed E-state index contributed by atoms with van der Waals surface area (Å²) >= 11 is 0. The molecular formula is C13H7F3N2O. The smallest absolute Gasteiger partial charge is 0.175 e. The molecule has 0 aliphatic heterocycles. The molecule has 3 nitrogen and oxygen atoms in total. The van der Waals surface area contributed by atoms with Crippen LogP contribution in [0.3, 0.4) is 0 Å². The van der Waals surface area contributed by atoms with Gasteiger partial charge in [-0.15, -0.1) is 0 Å². The number of rotatable bonds is 1. The highest BCUT2D eigenvalue weighted by atomic mass is 19.1. The molecule has 0 fully saturated rings. The van der Waals surface area contributed by atoms with Crippen LogP contribution in [0.15, 0.2) is 34.9 Å². The van der Waals surface area contributed by atoms with Gasteiger partial charge in [-0.05, 0) is 18.2 Å². The summed E-state index contributed by atoms with van der Waals surface area (Å²) in [4.78, 5) is 0. The highest BCUT2D eigenvalue weighted by Crippen LogP contribution is 2.36. The molecule has 2 aromatic carbocycles. The fourth-order valence-electron chi connectivity index (χ4n) is 2.01. The van der Waals surface area contributed by atoms with Crippen LogP contribution in [0.5, 0.6) is 0 Å². The molecular weight excluding hydrogens is 257 g/mol. The number of nitrogens with two attached hydrogens (primary N) is 1. The van der Waals surface area contributed by atoms with E-state index in [9.17, 15) is 13.2 Å². The maximum Gasteiger partial charge on any atom is 0.175 e. The van der Waals surface area contributed by atoms with Crippen molar-refractivity contribution in [3.63, 3.8) is 0 Å². The monoisotopic (exact) mass is 264 g/mol. The van der Waals surface area contributed by atoms with Gasteiger partial charge < -0.3 is 10.3 Å². The number of halogens is 3. The van der Waals surface area contributed by atoms with Gasteiger partial charge in [-0.25, -0.2) is 13.2 Å². The molecule has 0 unspecified atom stereocenters. The Morgan fingerprint density at radius 1 is 1.05 bits per heavy atom. The van der Waals surface area contributed by atoms with Gasteiger partial charge in [-0.3, -0.25) is 0 Å². The molecule has 0 aliphatic carbocycles. The lowest BCUT2D eigenvalue weighted by molar-refractivity contribution is 0.458. The lowest BCUT2D eigenvalue weighted by Gasteiger charge is -2.06. The van der Waals surface area contributed by atoms with Gasteiger partial charge in [0.1, 0.15) is 17.5 Å². The zero-order valence-corrected chi connectivity index (χ0v) is 9.45. The second kappa shape index (κ2) is 4.01. The Morgan fingerprint density at radius 2 is 1.74 bits per heavy atom. The average Bonchev–Trinajstić information content (AvgIpc) is 2.70. The number of anilines is 1. The summed E-state index contributed by atoms with van der Waals surface area (Å²) < 4.78 is 45.9. The SMILES string of the molecule is Nc1noc2cc(F)cc(-c3c(F)cccc3F)c12. The maximum atomic E-state index is 13.8. The highest BCUT2D eigenvalue weighted by Gasteiger charge is 2.19. The van der Waals surface area contributed by atoms with E-state index in [0.717, 1.165) is 24.3 Å². The van der Waals surface area contributed by atoms with Crippen molar-refractivity contribution < 1.29 is 17.7 Å². The largest absolute Gasteiger partial charge is 0.380 e. The number of fused-ring (bicyclic) bond motifs is 1. The zero-order valence-electron chi connectivity index (χ0n) is 9.45. The van der Waals surface area contributed by atoms with Crippen molar-refractivity contribution in [2.75, 3.05) is 5.73 Å². The van der Waals surface area contributed by atoms with Crippen LogP contribution in [-0.2, 0) is 0 Å². The van der Waals surface area contributed by atoms with Crippen LogP contribution in [0.25, 0.3) is 22.1 Å². The highest BCUT2D eigenvalue weighted by molar-refractivity contribution is 6.00. The van der Waals surface area contributed by atoms with E-state index in [1.54, 1.807) is 0 Å². The fourth-order valence-corrected chi connectivity index (χ4v) is 2.01. The number of benzene rings is 2. The summed E-state index contributed by atoms with van der Waals surface area (Å²) in [5, 5.41) is 3.66. The minimum atomic E-state index is -0.813. The number of nitrogens with zero attached hydrogens (tertiary/aromatic N) is 1. The Balaban J connectivity index is 2.45. The molecule has 0 amide bonds. The van der Waals surface area contributed by atoms with E-state index >= 15 is 0 Å². The Bertz CT molecular complexity index is 763. The predicted molar refractivity (Wildman–Crippen MR) is 63.7 cm³/mol. The standard InChI is InChI=1S/C13H7F3N2O/c14-6-4-7(11-8(15)2-1-3-9(11)16)12-10(5-6)19-18-13(12)17/h1-5H,(H2,17,18). The molecule has 3 aromatic rings. The molecule has 96 valence electrons. The Labute approximate surface area is 105 Å². The maximum absolute atomic E-state index is 13.8. The Kier molecular flexibility index (Phi) is 2.45. The summed E-state index contributed by atoms with van der Waals surface area (Å²) in [6.07, 6.45) is 0. The summed E-state index contributed by atoms with van der Waals surface area (Å²) in [6.45, 7) is 0. The van der Waals surface area contributed by atoms with Gasteiger partial charge in [0.25, 0.3) is 0 Å². The van der Waals surface area contributed by atoms with E-state index in [1.165, 1.54) is 6.07 Å². The molecule has 3 rings (SSSR count). The number of aromatic nitrogens is 1. The third-order valence-electron chi connectivity index (χ3n) is 2.80. The molecule has 0 radical (unpaired) electrons. The first kappa shape index (κ1) is 11.6. The molecule has 2 N–H and O–H groups in total. The number of hydrogen-bond acceptors (Lipinski definition) is 3. The molecule has 0 spiro atoms. The van der Waals surface area contributed by atoms with Crippen molar-refractivity contribution in [1.29, 1.82) is 0 Å². The third-order valence-corrected chi connectivity index (χ3v) is 2.80. The number of nitrogen functional groups attached to an aromatic ring is 1. The van der Waals surface area contributed by atoms with Crippen molar-refractivity contribution in [3.05, 3.63) is 47.8 Å². The first-order chi connectivity index (χ1) is 9.08. The molecule has 0 atom stereocenters. The van der Waals surface area contributed by atoms with Gasteiger partial charge >= 0.3 is 0 Å². The van der Waals surface area contributed by atoms with Gasteiger partial charge in [-0.1, -0.05) is 11.2 Å². The van der Waals surface area contributed by atoms with Crippen LogP contribution in [0, 0.1) is 17.5 Å². The fraction of sp³-hybridized carbons (Fsp3) is 0. The van der Waals surface area contributed by atoms with Crippen LogP contribution in [0.4, 0.5) is 19.0 Å². The van der Waals surface area contributed by atoms with Crippen LogP contribution in [0.1, 0.15) is 0 Å². The minimum absolute atomic E-state index is 0.0237. The van der Waals surface area contributed by atoms with Gasteiger partial charge in [0.05, 0.1) is 10.9 Å². The van der Waals surface area contributed by atoms with E-state index in [0.29, 0.717) is 0 Å². The van der Waals surface area contributed by atoms with E-state index in [-0.39, 0.29) is 27.9 Å². The lowest BCUT2D eigenvalue weighted by Crippen LogP contribution is -1.93. The summed E-state index contributed by atoms with van der Waals surface area (Å²) in [5.74, 6) is -2.37. The van der Waals surface area contributed by atoms with Crippen molar-refractivity contribution in [2.45, 2.75) is 0 Å². The molecule has 0 aliphatic rings.